The number of anilines is 1. The number of hydrogen-bond donors (Lipinski definition) is 2. The maximum Gasteiger partial charge on any atom is 0.264 e. The van der Waals surface area contributed by atoms with Crippen LogP contribution in [-0.4, -0.2) is 88.8 Å². The first-order valence-electron chi connectivity index (χ1n) is 14.3. The lowest BCUT2D eigenvalue weighted by Crippen LogP contribution is -2.64. The van der Waals surface area contributed by atoms with Gasteiger partial charge < -0.3 is 10.1 Å². The highest BCUT2D eigenvalue weighted by Gasteiger charge is 2.46. The van der Waals surface area contributed by atoms with Crippen LogP contribution in [0.5, 0.6) is 0 Å². The highest BCUT2D eigenvalue weighted by atomic mass is 19.1. The van der Waals surface area contributed by atoms with Crippen LogP contribution < -0.4 is 10.6 Å². The van der Waals surface area contributed by atoms with Gasteiger partial charge in [0.1, 0.15) is 11.9 Å². The zero-order chi connectivity index (χ0) is 28.2. The van der Waals surface area contributed by atoms with Gasteiger partial charge in [0.25, 0.3) is 11.8 Å². The average Bonchev–Trinajstić information content (AvgIpc) is 3.32. The molecule has 10 nitrogen and oxygen atoms in total. The Balaban J connectivity index is 0.981. The molecule has 0 aromatic heterocycles. The van der Waals surface area contributed by atoms with Crippen molar-refractivity contribution in [3.63, 3.8) is 0 Å². The molecule has 0 spiro atoms. The Bertz CT molecular complexity index is 1430. The van der Waals surface area contributed by atoms with Crippen LogP contribution in [0.15, 0.2) is 36.4 Å². The Morgan fingerprint density at radius 3 is 2.46 bits per heavy atom. The molecule has 2 aromatic rings. The van der Waals surface area contributed by atoms with E-state index in [1.54, 1.807) is 24.3 Å². The fourth-order valence-corrected chi connectivity index (χ4v) is 7.06. The van der Waals surface area contributed by atoms with Gasteiger partial charge in [0.2, 0.25) is 11.8 Å². The van der Waals surface area contributed by atoms with Gasteiger partial charge in [-0.15, -0.1) is 0 Å². The van der Waals surface area contributed by atoms with E-state index in [1.807, 2.05) is 6.07 Å². The van der Waals surface area contributed by atoms with Gasteiger partial charge in [-0.05, 0) is 43.0 Å². The second-order valence-electron chi connectivity index (χ2n) is 11.7. The third-order valence-electron chi connectivity index (χ3n) is 9.12. The molecule has 5 aliphatic rings. The molecule has 0 saturated carbocycles. The van der Waals surface area contributed by atoms with E-state index in [9.17, 15) is 19.2 Å². The zero-order valence-electron chi connectivity index (χ0n) is 22.6. The molecule has 0 aliphatic carbocycles. The van der Waals surface area contributed by atoms with Gasteiger partial charge in [-0.3, -0.25) is 39.2 Å². The molecule has 7 rings (SSSR count). The standard InChI is InChI=1S/C30H32FN5O5/c31-23-10-17(12-34-13-21(14-34)35-19-6-7-20(35)16-41-15-19)4-5-18(23)11-32-24-3-1-2-22-27(24)30(40)36(29(22)39)25-8-9-26(37)33-28(25)38/h1-5,10,19-21,25,32H,6-9,11-16H2,(H,33,37,38). The van der Waals surface area contributed by atoms with Crippen LogP contribution in [0.4, 0.5) is 10.1 Å². The fraction of sp³-hybridized carbons (Fsp3) is 0.467. The maximum absolute atomic E-state index is 15.1. The largest absolute Gasteiger partial charge is 0.380 e. The number of ether oxygens (including phenoxy) is 1. The summed E-state index contributed by atoms with van der Waals surface area (Å²) in [5, 5.41) is 5.31. The molecule has 5 heterocycles. The molecule has 2 N–H and O–H groups in total. The lowest BCUT2D eigenvalue weighted by Gasteiger charge is -2.49. The number of carbonyl (C=O) groups excluding carboxylic acids is 4. The van der Waals surface area contributed by atoms with Crippen LogP contribution in [0, 0.1) is 5.82 Å². The van der Waals surface area contributed by atoms with Crippen molar-refractivity contribution in [3.05, 3.63) is 64.5 Å². The number of nitrogens with one attached hydrogen (secondary N) is 2. The maximum atomic E-state index is 15.1. The minimum atomic E-state index is -1.04. The molecule has 214 valence electrons. The summed E-state index contributed by atoms with van der Waals surface area (Å²) in [6.07, 6.45) is 2.58. The molecular weight excluding hydrogens is 529 g/mol. The number of nitrogens with zero attached hydrogens (tertiary/aromatic N) is 3. The molecule has 2 bridgehead atoms. The average molecular weight is 562 g/mol. The summed E-state index contributed by atoms with van der Waals surface area (Å²) in [6.45, 7) is 4.46. The van der Waals surface area contributed by atoms with Crippen molar-refractivity contribution in [3.8, 4) is 0 Å². The van der Waals surface area contributed by atoms with Gasteiger partial charge >= 0.3 is 0 Å². The first kappa shape index (κ1) is 26.2. The van der Waals surface area contributed by atoms with E-state index in [0.29, 0.717) is 35.9 Å². The van der Waals surface area contributed by atoms with E-state index in [4.69, 9.17) is 4.74 Å². The molecule has 41 heavy (non-hydrogen) atoms. The second kappa shape index (κ2) is 10.3. The quantitative estimate of drug-likeness (QED) is 0.494. The van der Waals surface area contributed by atoms with Crippen LogP contribution >= 0.6 is 0 Å². The van der Waals surface area contributed by atoms with Gasteiger partial charge in [-0.1, -0.05) is 18.2 Å². The molecule has 4 saturated heterocycles. The van der Waals surface area contributed by atoms with Crippen LogP contribution in [-0.2, 0) is 27.4 Å². The minimum Gasteiger partial charge on any atom is -0.380 e. The van der Waals surface area contributed by atoms with Crippen molar-refractivity contribution >= 4 is 29.3 Å². The minimum absolute atomic E-state index is 0.0529. The van der Waals surface area contributed by atoms with Crippen molar-refractivity contribution < 1.29 is 28.3 Å². The number of fused-ring (bicyclic) bond motifs is 3. The van der Waals surface area contributed by atoms with Crippen molar-refractivity contribution in [2.75, 3.05) is 31.6 Å². The molecule has 5 aliphatic heterocycles. The van der Waals surface area contributed by atoms with E-state index in [0.717, 1.165) is 36.8 Å². The Morgan fingerprint density at radius 2 is 1.73 bits per heavy atom. The van der Waals surface area contributed by atoms with Gasteiger partial charge in [-0.25, -0.2) is 4.39 Å². The monoisotopic (exact) mass is 561 g/mol. The molecular formula is C30H32FN5O5. The summed E-state index contributed by atoms with van der Waals surface area (Å²) in [5.41, 5.74) is 2.08. The number of likely N-dealkylation sites (tertiary alicyclic amines) is 1. The molecule has 3 atom stereocenters. The smallest absolute Gasteiger partial charge is 0.264 e. The van der Waals surface area contributed by atoms with Crippen molar-refractivity contribution in [2.24, 2.45) is 0 Å². The normalized spacial score (nSPS) is 26.8. The van der Waals surface area contributed by atoms with Crippen molar-refractivity contribution in [1.29, 1.82) is 0 Å². The Hall–Kier alpha value is -3.67. The molecule has 11 heteroatoms. The van der Waals surface area contributed by atoms with Gasteiger partial charge in [0.15, 0.2) is 0 Å². The Kier molecular flexibility index (Phi) is 6.60. The number of benzene rings is 2. The zero-order valence-corrected chi connectivity index (χ0v) is 22.6. The number of piperidine rings is 1. The third kappa shape index (κ3) is 4.61. The second-order valence-corrected chi connectivity index (χ2v) is 11.7. The number of halogens is 1. The number of imide groups is 2. The first-order chi connectivity index (χ1) is 19.9. The molecule has 0 radical (unpaired) electrons. The summed E-state index contributed by atoms with van der Waals surface area (Å²) < 4.78 is 20.8. The summed E-state index contributed by atoms with van der Waals surface area (Å²) in [7, 11) is 0. The summed E-state index contributed by atoms with van der Waals surface area (Å²) in [4.78, 5) is 56.2. The molecule has 3 unspecified atom stereocenters. The predicted octanol–water partition coefficient (Wildman–Crippen LogP) is 1.89. The van der Waals surface area contributed by atoms with Crippen LogP contribution in [0.1, 0.15) is 57.5 Å². The lowest BCUT2D eigenvalue weighted by molar-refractivity contribution is -0.136. The van der Waals surface area contributed by atoms with Crippen molar-refractivity contribution in [1.82, 2.24) is 20.0 Å². The third-order valence-corrected chi connectivity index (χ3v) is 9.12. The van der Waals surface area contributed by atoms with E-state index < -0.39 is 29.7 Å². The van der Waals surface area contributed by atoms with E-state index in [2.05, 4.69) is 20.4 Å². The van der Waals surface area contributed by atoms with E-state index in [1.165, 1.54) is 18.9 Å². The summed E-state index contributed by atoms with van der Waals surface area (Å²) in [6, 6.07) is 10.7. The Morgan fingerprint density at radius 1 is 0.951 bits per heavy atom. The van der Waals surface area contributed by atoms with Crippen LogP contribution in [0.3, 0.4) is 0 Å². The molecule has 4 fully saturated rings. The predicted molar refractivity (Wildman–Crippen MR) is 145 cm³/mol. The number of carbonyl (C=O) groups is 4. The number of hydrogen-bond acceptors (Lipinski definition) is 8. The topological polar surface area (TPSA) is 111 Å². The number of amides is 4. The highest BCUT2D eigenvalue weighted by molar-refractivity contribution is 6.25. The van der Waals surface area contributed by atoms with Crippen LogP contribution in [0.2, 0.25) is 0 Å². The molecule has 4 amide bonds. The summed E-state index contributed by atoms with van der Waals surface area (Å²) in [5.74, 6) is -2.59. The van der Waals surface area contributed by atoms with E-state index in [-0.39, 0.29) is 36.3 Å². The van der Waals surface area contributed by atoms with Crippen molar-refractivity contribution in [2.45, 2.75) is 62.9 Å². The number of rotatable bonds is 7. The summed E-state index contributed by atoms with van der Waals surface area (Å²) >= 11 is 0. The molecule has 2 aromatic carbocycles. The van der Waals surface area contributed by atoms with Gasteiger partial charge in [0.05, 0.1) is 24.3 Å². The first-order valence-corrected chi connectivity index (χ1v) is 14.3. The lowest BCUT2D eigenvalue weighted by atomic mass is 10.0. The Labute approximate surface area is 236 Å². The van der Waals surface area contributed by atoms with Gasteiger partial charge in [-0.2, -0.15) is 0 Å². The van der Waals surface area contributed by atoms with E-state index >= 15 is 4.39 Å². The SMILES string of the molecule is O=C1CCC(N2C(=O)c3cccc(NCc4ccc(CN5CC(N6C7CCC6COC7)C5)cc4F)c3C2=O)C(=O)N1. The fourth-order valence-electron chi connectivity index (χ4n) is 7.06. The number of morpholine rings is 1. The van der Waals surface area contributed by atoms with Crippen LogP contribution in [0.25, 0.3) is 0 Å². The highest BCUT2D eigenvalue weighted by Crippen LogP contribution is 2.35. The van der Waals surface area contributed by atoms with Gasteiger partial charge in [0, 0.05) is 62.0 Å².